The second-order valence-electron chi connectivity index (χ2n) is 14.9. The number of thioether (sulfide) groups is 1. The Morgan fingerprint density at radius 1 is 0.554 bits per heavy atom. The van der Waals surface area contributed by atoms with Crippen LogP contribution in [0.2, 0.25) is 0 Å². The summed E-state index contributed by atoms with van der Waals surface area (Å²) in [6, 6.07) is 68.1. The molecular formula is C51H39N4S-. The first-order chi connectivity index (χ1) is 27.8. The van der Waals surface area contributed by atoms with E-state index in [1.165, 1.54) is 60.8 Å². The van der Waals surface area contributed by atoms with Crippen molar-refractivity contribution in [1.82, 2.24) is 10.6 Å². The highest BCUT2D eigenvalue weighted by molar-refractivity contribution is 8.09. The Balaban J connectivity index is 0.948. The molecule has 11 rings (SSSR count). The predicted molar refractivity (Wildman–Crippen MR) is 233 cm³/mol. The molecule has 0 amide bonds. The van der Waals surface area contributed by atoms with Gasteiger partial charge in [-0.05, 0) is 68.8 Å². The van der Waals surface area contributed by atoms with E-state index in [1.54, 1.807) is 0 Å². The molecule has 4 heterocycles. The third-order valence-corrected chi connectivity index (χ3v) is 13.1. The number of rotatable bonds is 6. The van der Waals surface area contributed by atoms with E-state index in [9.17, 15) is 0 Å². The second kappa shape index (κ2) is 13.8. The first kappa shape index (κ1) is 33.1. The molecule has 7 aromatic carbocycles. The summed E-state index contributed by atoms with van der Waals surface area (Å²) in [6.45, 7) is 0. The summed E-state index contributed by atoms with van der Waals surface area (Å²) < 4.78 is 0. The van der Waals surface area contributed by atoms with Crippen LogP contribution in [0, 0.1) is 0 Å². The van der Waals surface area contributed by atoms with E-state index in [-0.39, 0.29) is 29.5 Å². The average Bonchev–Trinajstić information content (AvgIpc) is 3.82. The van der Waals surface area contributed by atoms with Gasteiger partial charge < -0.3 is 15.5 Å². The lowest BCUT2D eigenvalue weighted by atomic mass is 9.85. The zero-order valence-corrected chi connectivity index (χ0v) is 31.5. The van der Waals surface area contributed by atoms with Crippen molar-refractivity contribution in [2.24, 2.45) is 0 Å². The van der Waals surface area contributed by atoms with Gasteiger partial charge in [-0.15, -0.1) is 17.4 Å². The van der Waals surface area contributed by atoms with Crippen LogP contribution in [0.4, 0.5) is 17.1 Å². The van der Waals surface area contributed by atoms with E-state index in [2.05, 4.69) is 210 Å². The molecule has 56 heavy (non-hydrogen) atoms. The highest BCUT2D eigenvalue weighted by atomic mass is 32.2. The molecule has 0 radical (unpaired) electrons. The lowest BCUT2D eigenvalue weighted by Gasteiger charge is -2.44. The minimum Gasteiger partial charge on any atom is -0.674 e. The zero-order chi connectivity index (χ0) is 37.0. The molecule has 0 saturated carbocycles. The number of anilines is 2. The van der Waals surface area contributed by atoms with Crippen molar-refractivity contribution in [1.29, 1.82) is 0 Å². The highest BCUT2D eigenvalue weighted by Gasteiger charge is 2.49. The fourth-order valence-electron chi connectivity index (χ4n) is 9.02. The van der Waals surface area contributed by atoms with Crippen LogP contribution in [-0.4, -0.2) is 6.04 Å². The SMILES string of the molecule is C1=C(c2ccc(-c3cccc(C4[N-]c5ccccc5C5=C4C4C(S5)c5ccccc5N4c4ccccc4)c3)cc2)NC(c2ccccc2)NC1c1ccccc1. The third-order valence-electron chi connectivity index (χ3n) is 11.6. The van der Waals surface area contributed by atoms with Crippen LogP contribution in [0.3, 0.4) is 0 Å². The van der Waals surface area contributed by atoms with Gasteiger partial charge >= 0.3 is 0 Å². The van der Waals surface area contributed by atoms with Crippen molar-refractivity contribution >= 4 is 39.4 Å². The molecule has 5 atom stereocenters. The van der Waals surface area contributed by atoms with Crippen molar-refractivity contribution in [3.63, 3.8) is 0 Å². The van der Waals surface area contributed by atoms with Crippen LogP contribution >= 0.6 is 11.8 Å². The van der Waals surface area contributed by atoms with E-state index in [1.807, 2.05) is 11.8 Å². The van der Waals surface area contributed by atoms with Crippen molar-refractivity contribution in [2.45, 2.75) is 29.5 Å². The molecule has 5 heteroatoms. The standard InChI is InChI=1S/C51H39N4S/c1-4-15-34(16-5-1)43-32-44(54-51(53-43)36-17-6-2-7-18-36)35-29-27-33(28-30-35)37-19-14-20-38(31-37)47-46-48-50(56-49(46)40-23-10-12-25-42(40)52-47)41-24-11-13-26-45(41)55(48)39-21-8-3-9-22-39/h1-32,43,47-48,50-51,53-54H/q-1. The van der Waals surface area contributed by atoms with Gasteiger partial charge in [0, 0.05) is 22.0 Å². The minimum absolute atomic E-state index is 0.0137. The first-order valence-corrected chi connectivity index (χ1v) is 20.3. The molecule has 0 fully saturated rings. The van der Waals surface area contributed by atoms with Gasteiger partial charge in [-0.2, -0.15) is 0 Å². The Kier molecular flexibility index (Phi) is 8.15. The highest BCUT2D eigenvalue weighted by Crippen LogP contribution is 2.67. The summed E-state index contributed by atoms with van der Waals surface area (Å²) in [5.74, 6) is 0. The molecule has 7 aromatic rings. The van der Waals surface area contributed by atoms with Crippen molar-refractivity contribution < 1.29 is 0 Å². The lowest BCUT2D eigenvalue weighted by molar-refractivity contribution is 0.442. The Labute approximate surface area is 332 Å². The molecule has 0 spiro atoms. The monoisotopic (exact) mass is 739 g/mol. The summed E-state index contributed by atoms with van der Waals surface area (Å²) >= 11 is 2.02. The maximum absolute atomic E-state index is 5.56. The smallest absolute Gasteiger partial charge is 0.104 e. The van der Waals surface area contributed by atoms with Crippen LogP contribution < -0.4 is 15.5 Å². The minimum atomic E-state index is -0.101. The van der Waals surface area contributed by atoms with Crippen molar-refractivity contribution in [3.05, 3.63) is 238 Å². The molecule has 0 saturated heterocycles. The summed E-state index contributed by atoms with van der Waals surface area (Å²) in [6.07, 6.45) is 2.30. The molecule has 0 aromatic heterocycles. The Bertz CT molecular complexity index is 2620. The summed E-state index contributed by atoms with van der Waals surface area (Å²) in [5.41, 5.74) is 16.0. The normalized spacial score (nSPS) is 21.9. The maximum atomic E-state index is 5.56. The van der Waals surface area contributed by atoms with Gasteiger partial charge in [-0.25, -0.2) is 0 Å². The molecule has 4 nitrogen and oxygen atoms in total. The third kappa shape index (κ3) is 5.66. The molecule has 0 aliphatic carbocycles. The molecule has 4 aliphatic rings. The van der Waals surface area contributed by atoms with Crippen LogP contribution in [0.25, 0.3) is 27.0 Å². The topological polar surface area (TPSA) is 41.4 Å². The largest absolute Gasteiger partial charge is 0.674 e. The Hall–Kier alpha value is -6.27. The number of benzene rings is 7. The Morgan fingerprint density at radius 3 is 2.02 bits per heavy atom. The first-order valence-electron chi connectivity index (χ1n) is 19.5. The number of hydrogen-bond donors (Lipinski definition) is 2. The number of nitrogens with zero attached hydrogens (tertiary/aromatic N) is 2. The number of para-hydroxylation sites is 3. The summed E-state index contributed by atoms with van der Waals surface area (Å²) in [7, 11) is 0. The molecule has 5 unspecified atom stereocenters. The van der Waals surface area contributed by atoms with E-state index in [0.29, 0.717) is 0 Å². The molecule has 270 valence electrons. The van der Waals surface area contributed by atoms with Crippen LogP contribution in [0.1, 0.15) is 56.9 Å². The van der Waals surface area contributed by atoms with Crippen LogP contribution in [-0.2, 0) is 0 Å². The van der Waals surface area contributed by atoms with Crippen LogP contribution in [0.15, 0.2) is 200 Å². The van der Waals surface area contributed by atoms with Gasteiger partial charge in [-0.3, -0.25) is 5.32 Å². The second-order valence-corrected chi connectivity index (χ2v) is 16.1. The van der Waals surface area contributed by atoms with Gasteiger partial charge in [0.1, 0.15) is 6.17 Å². The maximum Gasteiger partial charge on any atom is 0.104 e. The van der Waals surface area contributed by atoms with E-state index in [4.69, 9.17) is 5.32 Å². The van der Waals surface area contributed by atoms with E-state index < -0.39 is 0 Å². The lowest BCUT2D eigenvalue weighted by Crippen LogP contribution is -2.39. The van der Waals surface area contributed by atoms with E-state index >= 15 is 0 Å². The van der Waals surface area contributed by atoms with E-state index in [0.717, 1.165) is 16.9 Å². The average molecular weight is 740 g/mol. The zero-order valence-electron chi connectivity index (χ0n) is 30.7. The van der Waals surface area contributed by atoms with Gasteiger partial charge in [0.25, 0.3) is 0 Å². The summed E-state index contributed by atoms with van der Waals surface area (Å²) in [4.78, 5) is 3.95. The van der Waals surface area contributed by atoms with Crippen molar-refractivity contribution in [2.75, 3.05) is 4.90 Å². The van der Waals surface area contributed by atoms with Gasteiger partial charge in [-0.1, -0.05) is 181 Å². The van der Waals surface area contributed by atoms with Gasteiger partial charge in [0.05, 0.1) is 17.3 Å². The number of hydrogen-bond acceptors (Lipinski definition) is 4. The number of fused-ring (bicyclic) bond motifs is 6. The molecule has 4 aliphatic heterocycles. The fraction of sp³-hybridized carbons (Fsp3) is 0.0980. The molecule has 2 N–H and O–H groups in total. The van der Waals surface area contributed by atoms with Crippen LogP contribution in [0.5, 0.6) is 0 Å². The number of nitrogens with one attached hydrogen (secondary N) is 2. The predicted octanol–water partition coefficient (Wildman–Crippen LogP) is 12.8. The molecular weight excluding hydrogens is 701 g/mol. The van der Waals surface area contributed by atoms with Gasteiger partial charge in [0.15, 0.2) is 0 Å². The van der Waals surface area contributed by atoms with Crippen molar-refractivity contribution in [3.8, 4) is 11.1 Å². The molecule has 0 bridgehead atoms. The fourth-order valence-corrected chi connectivity index (χ4v) is 10.7. The summed E-state index contributed by atoms with van der Waals surface area (Å²) in [5, 5.41) is 13.5. The quantitative estimate of drug-likeness (QED) is 0.178. The van der Waals surface area contributed by atoms with Gasteiger partial charge in [0.2, 0.25) is 0 Å². The Morgan fingerprint density at radius 2 is 1.21 bits per heavy atom.